The molecule has 2 aromatic rings. The van der Waals surface area contributed by atoms with Crippen molar-refractivity contribution in [2.45, 2.75) is 19.9 Å². The maximum atomic E-state index is 13.9. The minimum atomic E-state index is -2.36. The third-order valence-corrected chi connectivity index (χ3v) is 5.18. The SMILES string of the molecule is CC=Cc1cc(C(=O)Oc2c(F)c(F)c(F)c(F)c2F)ccc1N1CCN(C(=O)O)CC1C. The fourth-order valence-electron chi connectivity index (χ4n) is 3.57. The fraction of sp³-hybridized carbons (Fsp3) is 0.273. The Morgan fingerprint density at radius 1 is 1.03 bits per heavy atom. The smallest absolute Gasteiger partial charge is 0.407 e. The number of anilines is 1. The molecule has 33 heavy (non-hydrogen) atoms. The van der Waals surface area contributed by atoms with Crippen LogP contribution in [0.1, 0.15) is 29.8 Å². The summed E-state index contributed by atoms with van der Waals surface area (Å²) < 4.78 is 72.2. The molecule has 3 rings (SSSR count). The van der Waals surface area contributed by atoms with Crippen molar-refractivity contribution >= 4 is 23.8 Å². The van der Waals surface area contributed by atoms with Gasteiger partial charge in [-0.1, -0.05) is 12.2 Å². The number of rotatable bonds is 4. The number of ether oxygens (including phenoxy) is 1. The average Bonchev–Trinajstić information content (AvgIpc) is 2.79. The molecule has 1 unspecified atom stereocenters. The predicted molar refractivity (Wildman–Crippen MR) is 109 cm³/mol. The van der Waals surface area contributed by atoms with Crippen molar-refractivity contribution in [2.75, 3.05) is 24.5 Å². The Bertz CT molecular complexity index is 1110. The first-order chi connectivity index (χ1) is 15.6. The van der Waals surface area contributed by atoms with Gasteiger partial charge in [0.1, 0.15) is 0 Å². The number of carboxylic acid groups (broad SMARTS) is 1. The summed E-state index contributed by atoms with van der Waals surface area (Å²) in [6.07, 6.45) is 2.30. The summed E-state index contributed by atoms with van der Waals surface area (Å²) in [5.74, 6) is -14.3. The van der Waals surface area contributed by atoms with Gasteiger partial charge in [-0.15, -0.1) is 0 Å². The van der Waals surface area contributed by atoms with Crippen LogP contribution >= 0.6 is 0 Å². The van der Waals surface area contributed by atoms with Gasteiger partial charge in [0.05, 0.1) is 5.56 Å². The number of carbonyl (C=O) groups is 2. The van der Waals surface area contributed by atoms with E-state index in [4.69, 9.17) is 0 Å². The van der Waals surface area contributed by atoms with Gasteiger partial charge in [0.15, 0.2) is 0 Å². The number of halogens is 5. The van der Waals surface area contributed by atoms with Crippen molar-refractivity contribution in [1.29, 1.82) is 0 Å². The van der Waals surface area contributed by atoms with Crippen LogP contribution < -0.4 is 9.64 Å². The fourth-order valence-corrected chi connectivity index (χ4v) is 3.57. The zero-order chi connectivity index (χ0) is 24.4. The molecule has 0 bridgehead atoms. The summed E-state index contributed by atoms with van der Waals surface area (Å²) in [5, 5.41) is 9.18. The van der Waals surface area contributed by atoms with Gasteiger partial charge >= 0.3 is 12.1 Å². The van der Waals surface area contributed by atoms with E-state index in [0.717, 1.165) is 0 Å². The van der Waals surface area contributed by atoms with Crippen LogP contribution in [0.25, 0.3) is 6.08 Å². The van der Waals surface area contributed by atoms with E-state index >= 15 is 0 Å². The molecule has 2 aromatic carbocycles. The molecule has 11 heteroatoms. The topological polar surface area (TPSA) is 70.1 Å². The third-order valence-electron chi connectivity index (χ3n) is 5.18. The van der Waals surface area contributed by atoms with Crippen molar-refractivity contribution in [3.05, 3.63) is 64.5 Å². The highest BCUT2D eigenvalue weighted by Gasteiger charge is 2.30. The van der Waals surface area contributed by atoms with E-state index in [9.17, 15) is 36.6 Å². The van der Waals surface area contributed by atoms with Crippen LogP contribution in [0.2, 0.25) is 0 Å². The first-order valence-electron chi connectivity index (χ1n) is 9.81. The monoisotopic (exact) mass is 470 g/mol. The average molecular weight is 470 g/mol. The Morgan fingerprint density at radius 2 is 1.64 bits per heavy atom. The summed E-state index contributed by atoms with van der Waals surface area (Å²) in [4.78, 5) is 26.9. The van der Waals surface area contributed by atoms with E-state index in [1.54, 1.807) is 19.1 Å². The van der Waals surface area contributed by atoms with Crippen molar-refractivity contribution < 1.29 is 41.4 Å². The van der Waals surface area contributed by atoms with E-state index in [2.05, 4.69) is 4.74 Å². The molecule has 0 saturated carbocycles. The first-order valence-corrected chi connectivity index (χ1v) is 9.81. The molecule has 1 aliphatic heterocycles. The van der Waals surface area contributed by atoms with Crippen LogP contribution in [0.3, 0.4) is 0 Å². The van der Waals surface area contributed by atoms with Gasteiger partial charge in [0, 0.05) is 31.4 Å². The molecular formula is C22H19F5N2O4. The Morgan fingerprint density at radius 3 is 2.18 bits per heavy atom. The Hall–Kier alpha value is -3.63. The van der Waals surface area contributed by atoms with Gasteiger partial charge in [-0.3, -0.25) is 0 Å². The number of piperazine rings is 1. The summed E-state index contributed by atoms with van der Waals surface area (Å²) in [6.45, 7) is 4.45. The highest BCUT2D eigenvalue weighted by atomic mass is 19.2. The second-order valence-corrected chi connectivity index (χ2v) is 7.33. The number of allylic oxidation sites excluding steroid dienone is 1. The van der Waals surface area contributed by atoms with Gasteiger partial charge in [-0.25, -0.2) is 22.8 Å². The van der Waals surface area contributed by atoms with Crippen molar-refractivity contribution in [3.63, 3.8) is 0 Å². The standard InChI is InChI=1S/C22H19F5N2O4/c1-3-4-12-9-13(5-6-14(12)29-8-7-28(22(31)32)10-11(29)2)21(30)33-20-18(26)16(24)15(23)17(25)19(20)27/h3-6,9,11H,7-8,10H2,1-2H3,(H,31,32). The molecule has 1 atom stereocenters. The van der Waals surface area contributed by atoms with E-state index < -0.39 is 46.9 Å². The van der Waals surface area contributed by atoms with Crippen LogP contribution in [-0.4, -0.2) is 47.7 Å². The molecular weight excluding hydrogens is 451 g/mol. The molecule has 1 heterocycles. The second-order valence-electron chi connectivity index (χ2n) is 7.33. The molecule has 176 valence electrons. The number of hydrogen-bond donors (Lipinski definition) is 1. The maximum Gasteiger partial charge on any atom is 0.407 e. The predicted octanol–water partition coefficient (Wildman–Crippen LogP) is 4.82. The number of nitrogens with zero attached hydrogens (tertiary/aromatic N) is 2. The lowest BCUT2D eigenvalue weighted by Gasteiger charge is -2.40. The van der Waals surface area contributed by atoms with Crippen LogP contribution in [-0.2, 0) is 0 Å². The first kappa shape index (κ1) is 24.0. The van der Waals surface area contributed by atoms with Gasteiger partial charge in [0.2, 0.25) is 34.8 Å². The number of esters is 1. The molecule has 0 aromatic heterocycles. The summed E-state index contributed by atoms with van der Waals surface area (Å²) in [7, 11) is 0. The van der Waals surface area contributed by atoms with E-state index in [0.29, 0.717) is 17.8 Å². The Kier molecular flexibility index (Phi) is 6.89. The molecule has 1 fully saturated rings. The van der Waals surface area contributed by atoms with Crippen molar-refractivity contribution in [3.8, 4) is 5.75 Å². The van der Waals surface area contributed by atoms with E-state index in [1.165, 1.54) is 23.1 Å². The quantitative estimate of drug-likeness (QED) is 0.228. The molecule has 0 radical (unpaired) electrons. The Labute approximate surface area is 185 Å². The normalized spacial score (nSPS) is 16.4. The van der Waals surface area contributed by atoms with Gasteiger partial charge in [-0.05, 0) is 37.6 Å². The number of hydrogen-bond acceptors (Lipinski definition) is 4. The molecule has 6 nitrogen and oxygen atoms in total. The molecule has 1 saturated heterocycles. The third kappa shape index (κ3) is 4.62. The number of carbonyl (C=O) groups excluding carboxylic acids is 1. The minimum Gasteiger partial charge on any atom is -0.465 e. The lowest BCUT2D eigenvalue weighted by atomic mass is 10.0. The molecule has 1 aliphatic rings. The second kappa shape index (κ2) is 9.47. The zero-order valence-corrected chi connectivity index (χ0v) is 17.5. The lowest BCUT2D eigenvalue weighted by molar-refractivity contribution is 0.0716. The van der Waals surface area contributed by atoms with Crippen LogP contribution in [0.15, 0.2) is 24.3 Å². The molecule has 0 aliphatic carbocycles. The highest BCUT2D eigenvalue weighted by molar-refractivity contribution is 5.93. The van der Waals surface area contributed by atoms with Gasteiger partial charge < -0.3 is 19.6 Å². The lowest BCUT2D eigenvalue weighted by Crippen LogP contribution is -2.53. The zero-order valence-electron chi connectivity index (χ0n) is 17.5. The molecule has 1 N–H and O–H groups in total. The van der Waals surface area contributed by atoms with Crippen molar-refractivity contribution in [2.24, 2.45) is 0 Å². The summed E-state index contributed by atoms with van der Waals surface area (Å²) >= 11 is 0. The van der Waals surface area contributed by atoms with E-state index in [-0.39, 0.29) is 24.7 Å². The van der Waals surface area contributed by atoms with Gasteiger partial charge in [-0.2, -0.15) is 8.78 Å². The molecule has 0 spiro atoms. The van der Waals surface area contributed by atoms with Crippen molar-refractivity contribution in [1.82, 2.24) is 4.90 Å². The summed E-state index contributed by atoms with van der Waals surface area (Å²) in [5.41, 5.74) is 0.992. The minimum absolute atomic E-state index is 0.187. The maximum absolute atomic E-state index is 13.9. The largest absolute Gasteiger partial charge is 0.465 e. The number of amides is 1. The van der Waals surface area contributed by atoms with Crippen LogP contribution in [0.4, 0.5) is 32.4 Å². The van der Waals surface area contributed by atoms with Crippen LogP contribution in [0.5, 0.6) is 5.75 Å². The summed E-state index contributed by atoms with van der Waals surface area (Å²) in [6, 6.07) is 3.98. The highest BCUT2D eigenvalue weighted by Crippen LogP contribution is 2.31. The van der Waals surface area contributed by atoms with Crippen LogP contribution in [0, 0.1) is 29.1 Å². The van der Waals surface area contributed by atoms with E-state index in [1.807, 2.05) is 11.8 Å². The van der Waals surface area contributed by atoms with Gasteiger partial charge in [0.25, 0.3) is 0 Å². The Balaban J connectivity index is 1.91. The number of benzene rings is 2. The molecule has 1 amide bonds.